The zero-order valence-electron chi connectivity index (χ0n) is 48.2. The van der Waals surface area contributed by atoms with Crippen molar-refractivity contribution in [2.24, 2.45) is 0 Å². The Hall–Kier alpha value is -8.07. The molecule has 5 heterocycles. The van der Waals surface area contributed by atoms with Gasteiger partial charge in [0, 0.05) is 54.4 Å². The Labute approximate surface area is 497 Å². The van der Waals surface area contributed by atoms with Crippen LogP contribution in [0.2, 0.25) is 19.6 Å². The molecule has 407 valence electrons. The van der Waals surface area contributed by atoms with E-state index in [2.05, 4.69) is 258 Å². The van der Waals surface area contributed by atoms with Gasteiger partial charge in [-0.25, -0.2) is 0 Å². The van der Waals surface area contributed by atoms with Gasteiger partial charge >= 0.3 is 0 Å². The Bertz CT molecular complexity index is 4340. The number of nitrogens with zero attached hydrogens (tertiary/aromatic N) is 4. The van der Waals surface area contributed by atoms with E-state index in [-0.39, 0.29) is 44.1 Å². The van der Waals surface area contributed by atoms with Gasteiger partial charge in [-0.2, -0.15) is 0 Å². The Balaban J connectivity index is 0.000000338. The fourth-order valence-electron chi connectivity index (χ4n) is 12.0. The van der Waals surface area contributed by atoms with Gasteiger partial charge in [0.05, 0.1) is 30.5 Å². The van der Waals surface area contributed by atoms with Gasteiger partial charge in [-0.1, -0.05) is 170 Å². The number of hydrogen-bond acceptors (Lipinski definition) is 5. The molecule has 2 aliphatic rings. The fraction of sp³-hybridized carbons (Fsp3) is 0.178. The summed E-state index contributed by atoms with van der Waals surface area (Å²) in [5.41, 5.74) is 20.8. The van der Waals surface area contributed by atoms with Gasteiger partial charge in [-0.3, -0.25) is 4.98 Å². The Morgan fingerprint density at radius 2 is 1.33 bits per heavy atom. The number of fused-ring (bicyclic) bond motifs is 8. The molecule has 0 N–H and O–H groups in total. The van der Waals surface area contributed by atoms with E-state index < -0.39 is 8.07 Å². The SMILES string of the molecule is CC(C)c1cc(-c2ccccc2)cc(C(C)C)c1-n1c(-c2[c-]ccc3c2oc2cc4c(cc23)Oc2cccc3c2B4c2ccccc2N3c2cccc(C(C)(C)C)c2)nc2ccccc21.C[Si](C)(C)c1ccc(-c2[c-]cccc2)nc1.[Ir]. The van der Waals surface area contributed by atoms with Crippen molar-refractivity contribution in [1.29, 1.82) is 0 Å². The van der Waals surface area contributed by atoms with Crippen LogP contribution in [0.1, 0.15) is 77.0 Å². The maximum atomic E-state index is 7.13. The summed E-state index contributed by atoms with van der Waals surface area (Å²) in [7, 11) is -1.23. The van der Waals surface area contributed by atoms with E-state index in [1.165, 1.54) is 55.3 Å². The maximum absolute atomic E-state index is 7.13. The summed E-state index contributed by atoms with van der Waals surface area (Å²) in [6.07, 6.45) is 2.02. The van der Waals surface area contributed by atoms with Crippen molar-refractivity contribution in [3.05, 3.63) is 229 Å². The topological polar surface area (TPSA) is 56.3 Å². The molecule has 0 atom stereocenters. The summed E-state index contributed by atoms with van der Waals surface area (Å²) in [5, 5.41) is 3.39. The number of anilines is 3. The summed E-state index contributed by atoms with van der Waals surface area (Å²) < 4.78 is 16.5. The van der Waals surface area contributed by atoms with E-state index in [1.54, 1.807) is 0 Å². The number of furan rings is 1. The Morgan fingerprint density at radius 1 is 0.610 bits per heavy atom. The molecule has 0 saturated heterocycles. The average molecular weight is 1260 g/mol. The van der Waals surface area contributed by atoms with Gasteiger partial charge in [-0.05, 0) is 139 Å². The zero-order chi connectivity index (χ0) is 55.9. The van der Waals surface area contributed by atoms with Crippen molar-refractivity contribution in [3.63, 3.8) is 0 Å². The molecule has 0 aliphatic carbocycles. The minimum absolute atomic E-state index is 0. The first-order chi connectivity index (χ1) is 39.1. The van der Waals surface area contributed by atoms with E-state index in [9.17, 15) is 0 Å². The van der Waals surface area contributed by atoms with Crippen LogP contribution in [0.4, 0.5) is 17.1 Å². The second kappa shape index (κ2) is 21.4. The largest absolute Gasteiger partial charge is 0.501 e. The van der Waals surface area contributed by atoms with Crippen molar-refractivity contribution in [3.8, 4) is 51.0 Å². The van der Waals surface area contributed by atoms with Crippen molar-refractivity contribution in [2.45, 2.75) is 85.4 Å². The fourth-order valence-corrected chi connectivity index (χ4v) is 13.0. The number of para-hydroxylation sites is 3. The van der Waals surface area contributed by atoms with Gasteiger partial charge in [0.1, 0.15) is 17.1 Å². The molecular weight excluding hydrogens is 1200 g/mol. The van der Waals surface area contributed by atoms with Crippen molar-refractivity contribution >= 4 is 86.4 Å². The molecule has 6 nitrogen and oxygen atoms in total. The Kier molecular flexibility index (Phi) is 14.2. The van der Waals surface area contributed by atoms with Crippen LogP contribution in [0.25, 0.3) is 72.4 Å². The molecule has 3 aromatic heterocycles. The minimum atomic E-state index is -1.23. The molecule has 0 unspecified atom stereocenters. The van der Waals surface area contributed by atoms with Gasteiger partial charge in [-0.15, -0.1) is 54.1 Å². The molecule has 9 aromatic carbocycles. The van der Waals surface area contributed by atoms with E-state index in [0.29, 0.717) is 0 Å². The third-order valence-corrected chi connectivity index (χ3v) is 18.3. The number of aromatic nitrogens is 3. The van der Waals surface area contributed by atoms with Crippen molar-refractivity contribution in [1.82, 2.24) is 14.5 Å². The van der Waals surface area contributed by atoms with Gasteiger partial charge in [0.15, 0.2) is 0 Å². The Morgan fingerprint density at radius 3 is 2.05 bits per heavy atom. The molecule has 82 heavy (non-hydrogen) atoms. The second-order valence-electron chi connectivity index (χ2n) is 24.4. The van der Waals surface area contributed by atoms with Crippen LogP contribution in [-0.4, -0.2) is 29.3 Å². The molecule has 9 heteroatoms. The van der Waals surface area contributed by atoms with Crippen LogP contribution in [0.5, 0.6) is 11.5 Å². The smallest absolute Gasteiger partial charge is 0.256 e. The van der Waals surface area contributed by atoms with E-state index in [1.807, 2.05) is 36.5 Å². The quantitative estimate of drug-likeness (QED) is 0.112. The van der Waals surface area contributed by atoms with Gasteiger partial charge in [0.25, 0.3) is 6.71 Å². The first-order valence-electron chi connectivity index (χ1n) is 28.5. The number of ether oxygens (including phenoxy) is 1. The number of benzene rings is 9. The molecule has 1 radical (unpaired) electrons. The third kappa shape index (κ3) is 9.62. The molecule has 0 amide bonds. The first kappa shape index (κ1) is 54.5. The molecule has 0 saturated carbocycles. The van der Waals surface area contributed by atoms with Crippen LogP contribution >= 0.6 is 0 Å². The number of imidazole rings is 1. The van der Waals surface area contributed by atoms with Crippen molar-refractivity contribution in [2.75, 3.05) is 4.90 Å². The number of rotatable bonds is 8. The predicted octanol–water partition coefficient (Wildman–Crippen LogP) is 17.1. The summed E-state index contributed by atoms with van der Waals surface area (Å²) in [6.45, 7) is 22.9. The van der Waals surface area contributed by atoms with E-state index in [4.69, 9.17) is 14.1 Å². The summed E-state index contributed by atoms with van der Waals surface area (Å²) >= 11 is 0. The molecule has 12 aromatic rings. The van der Waals surface area contributed by atoms with Crippen molar-refractivity contribution < 1.29 is 29.3 Å². The van der Waals surface area contributed by atoms with Crippen LogP contribution in [0.15, 0.2) is 205 Å². The second-order valence-corrected chi connectivity index (χ2v) is 29.5. The van der Waals surface area contributed by atoms with E-state index >= 15 is 0 Å². The first-order valence-corrected chi connectivity index (χ1v) is 32.0. The average Bonchev–Trinajstić information content (AvgIpc) is 4.14. The predicted molar refractivity (Wildman–Crippen MR) is 342 cm³/mol. The van der Waals surface area contributed by atoms with Gasteiger partial charge in [0.2, 0.25) is 0 Å². The van der Waals surface area contributed by atoms with Crippen LogP contribution < -0.4 is 31.2 Å². The maximum Gasteiger partial charge on any atom is 0.256 e. The number of hydrogen-bond donors (Lipinski definition) is 0. The van der Waals surface area contributed by atoms with Crippen LogP contribution in [0.3, 0.4) is 0 Å². The monoisotopic (exact) mass is 1260 g/mol. The summed E-state index contributed by atoms with van der Waals surface area (Å²) in [4.78, 5) is 12.4. The molecule has 0 fully saturated rings. The number of pyridine rings is 1. The molecule has 0 spiro atoms. The molecule has 0 bridgehead atoms. The van der Waals surface area contributed by atoms with Crippen LogP contribution in [0, 0.1) is 12.1 Å². The van der Waals surface area contributed by atoms with Crippen LogP contribution in [-0.2, 0) is 25.5 Å². The van der Waals surface area contributed by atoms with Gasteiger partial charge < -0.3 is 23.6 Å². The third-order valence-electron chi connectivity index (χ3n) is 16.3. The zero-order valence-corrected chi connectivity index (χ0v) is 51.6. The minimum Gasteiger partial charge on any atom is -0.501 e. The summed E-state index contributed by atoms with van der Waals surface area (Å²) in [6, 6.07) is 75.9. The normalized spacial score (nSPS) is 12.7. The molecular formula is C73H65BIrN4O2Si-2. The molecule has 14 rings (SSSR count). The molecule has 2 aliphatic heterocycles. The summed E-state index contributed by atoms with van der Waals surface area (Å²) in [5.74, 6) is 3.01. The standard InChI is InChI=1S/C59H49BN3O2.C14H16NSi.Ir/c1-35(2)43-30-38(37-18-9-8-10-19-37)31-44(36(3)4)56(43)63-50-27-14-12-25-48(50)61-58(63)42-23-16-22-41-45-33-54-47(34-53(45)65-57(41)42)60-46-24-11-13-26-49(46)62(51-28-17-29-52(64-54)55(51)60)40-21-15-20-39(32-40)59(5,6)7;1-16(2,3)13-9-10-14(15-11-13)12-7-5-4-6-8-12;/h8-22,24-36H,1-7H3;4-7,9-11H,1-3H3;/q2*-1;. The van der Waals surface area contributed by atoms with E-state index in [0.717, 1.165) is 84.0 Å².